The molecule has 0 radical (unpaired) electrons. The molecule has 10 N–H and O–H groups in total. The molecule has 12 unspecified atom stereocenters. The highest BCUT2D eigenvalue weighted by atomic mass is 16.8. The van der Waals surface area contributed by atoms with E-state index in [0.717, 1.165) is 76.1 Å². The molecule has 3 heterocycles. The predicted molar refractivity (Wildman–Crippen MR) is 283 cm³/mol. The highest BCUT2D eigenvalue weighted by molar-refractivity contribution is 5.80. The Morgan fingerprint density at radius 1 is 0.722 bits per heavy atom. The number of ether oxygens (including phenoxy) is 6. The maximum absolute atomic E-state index is 15.6. The molecule has 20 nitrogen and oxygen atoms in total. The van der Waals surface area contributed by atoms with E-state index in [1.54, 1.807) is 6.92 Å². The van der Waals surface area contributed by atoms with E-state index in [-0.39, 0.29) is 53.6 Å². The van der Waals surface area contributed by atoms with Gasteiger partial charge >= 0.3 is 5.97 Å². The quantitative estimate of drug-likeness (QED) is 0.0362. The zero-order valence-electron chi connectivity index (χ0n) is 47.7. The number of carbonyl (C=O) groups is 4. The number of amides is 1. The van der Waals surface area contributed by atoms with Crippen molar-refractivity contribution < 1.29 is 93.6 Å². The summed E-state index contributed by atoms with van der Waals surface area (Å²) in [7, 11) is 0. The molecule has 450 valence electrons. The summed E-state index contributed by atoms with van der Waals surface area (Å²) in [5, 5.41) is 104. The van der Waals surface area contributed by atoms with Crippen LogP contribution in [-0.4, -0.2) is 181 Å². The van der Waals surface area contributed by atoms with E-state index < -0.39 is 145 Å². The molecule has 3 aliphatic heterocycles. The van der Waals surface area contributed by atoms with Gasteiger partial charge in [0, 0.05) is 12.8 Å². The first-order valence-corrected chi connectivity index (χ1v) is 29.8. The fourth-order valence-corrected chi connectivity index (χ4v) is 16.7. The molecule has 25 atom stereocenters. The Hall–Kier alpha value is -2.54. The number of ketones is 1. The number of hydrogen-bond donors (Lipinski definition) is 10. The average Bonchev–Trinajstić information content (AvgIpc) is 3.00. The van der Waals surface area contributed by atoms with Gasteiger partial charge in [-0.05, 0) is 124 Å². The molecule has 20 heteroatoms. The molecule has 3 saturated heterocycles. The Morgan fingerprint density at radius 2 is 1.37 bits per heavy atom. The predicted octanol–water partition coefficient (Wildman–Crippen LogP) is 3.18. The van der Waals surface area contributed by atoms with Gasteiger partial charge in [-0.15, -0.1) is 0 Å². The van der Waals surface area contributed by atoms with E-state index in [0.29, 0.717) is 38.5 Å². The van der Waals surface area contributed by atoms with E-state index in [9.17, 15) is 60.3 Å². The maximum Gasteiger partial charge on any atom is 0.317 e. The molecule has 79 heavy (non-hydrogen) atoms. The zero-order chi connectivity index (χ0) is 57.6. The third kappa shape index (κ3) is 11.6. The molecule has 4 saturated carbocycles. The summed E-state index contributed by atoms with van der Waals surface area (Å²) in [6.07, 6.45) is -6.86. The smallest absolute Gasteiger partial charge is 0.317 e. The highest BCUT2D eigenvalue weighted by Crippen LogP contribution is 2.75. The summed E-state index contributed by atoms with van der Waals surface area (Å²) >= 11 is 0. The van der Waals surface area contributed by atoms with E-state index in [4.69, 9.17) is 28.4 Å². The molecule has 8 aliphatic rings. The molecule has 0 bridgehead atoms. The fraction of sp³-hybridized carbons (Fsp3) is 0.898. The molecule has 0 aromatic heterocycles. The first-order valence-electron chi connectivity index (χ1n) is 29.8. The van der Waals surface area contributed by atoms with Crippen molar-refractivity contribution in [3.63, 3.8) is 0 Å². The van der Waals surface area contributed by atoms with Crippen molar-refractivity contribution in [1.29, 1.82) is 0 Å². The lowest BCUT2D eigenvalue weighted by Crippen LogP contribution is -2.69. The molecule has 8 rings (SSSR count). The van der Waals surface area contributed by atoms with Crippen LogP contribution in [0, 0.1) is 50.7 Å². The summed E-state index contributed by atoms with van der Waals surface area (Å²) in [6.45, 7) is 12.8. The summed E-state index contributed by atoms with van der Waals surface area (Å²) in [5.74, 6) is -1.29. The first kappa shape index (κ1) is 62.5. The standard InChI is InChI=1S/C59H95NO19/c1-31-20-25-59(35(26-31)34-18-19-39-55(4)23-22-40(65)56(5,30-62)38(55)21-24-57(39,6)58(34,7)27-41(59)66)54(73)79-53-50(78-52-48(72)46(70)49(33(3)75-52)77-51-47(71)44(68)36(64)29-74-51)45(69)43(37(28-61)76-53)60-42(67)17-15-13-11-9-8-10-12-14-16-32(2)63/h18,30-31,33,35-41,43-53,61,64-66,68-72H,8-17,19-29H2,1-7H3,(H,60,67)/t31-,33?,35?,36-,37?,38-,39?,40+,41?,43+,44?,45?,46?,47?,48?,49+,50?,51+,52+,53+,55?,56-,57+,58-,59-/m1/s1. The summed E-state index contributed by atoms with van der Waals surface area (Å²) in [6, 6.07) is -1.34. The Kier molecular flexibility index (Phi) is 19.8. The minimum atomic E-state index is -1.93. The van der Waals surface area contributed by atoms with Gasteiger partial charge in [-0.2, -0.15) is 0 Å². The Balaban J connectivity index is 1.03. The van der Waals surface area contributed by atoms with E-state index in [1.165, 1.54) is 6.92 Å². The summed E-state index contributed by atoms with van der Waals surface area (Å²) in [4.78, 5) is 53.2. The van der Waals surface area contributed by atoms with Gasteiger partial charge in [0.1, 0.15) is 66.3 Å². The van der Waals surface area contributed by atoms with Crippen molar-refractivity contribution in [2.75, 3.05) is 13.2 Å². The minimum absolute atomic E-state index is 0.0364. The van der Waals surface area contributed by atoms with Gasteiger partial charge in [0.2, 0.25) is 12.2 Å². The van der Waals surface area contributed by atoms with Crippen molar-refractivity contribution in [1.82, 2.24) is 5.32 Å². The van der Waals surface area contributed by atoms with Crippen LogP contribution in [0.1, 0.15) is 170 Å². The molecule has 0 aromatic rings. The third-order valence-electron chi connectivity index (χ3n) is 21.6. The monoisotopic (exact) mass is 1120 g/mol. The van der Waals surface area contributed by atoms with Crippen molar-refractivity contribution >= 4 is 23.9 Å². The summed E-state index contributed by atoms with van der Waals surface area (Å²) < 4.78 is 36.4. The van der Waals surface area contributed by atoms with Crippen LogP contribution in [0.5, 0.6) is 0 Å². The second kappa shape index (κ2) is 25.0. The topological polar surface area (TPSA) is 318 Å². The van der Waals surface area contributed by atoms with Crippen LogP contribution in [-0.2, 0) is 47.6 Å². The number of hydrogen-bond acceptors (Lipinski definition) is 19. The Morgan fingerprint density at radius 3 is 2.03 bits per heavy atom. The number of unbranched alkanes of at least 4 members (excludes halogenated alkanes) is 7. The molecular formula is C59H95NO19. The normalized spacial score (nSPS) is 47.8. The van der Waals surface area contributed by atoms with Gasteiger partial charge in [0.15, 0.2) is 18.7 Å². The van der Waals surface area contributed by atoms with Crippen LogP contribution in [0.3, 0.4) is 0 Å². The molecule has 7 fully saturated rings. The number of esters is 1. The lowest BCUT2D eigenvalue weighted by Gasteiger charge is -2.71. The van der Waals surface area contributed by atoms with Gasteiger partial charge in [-0.1, -0.05) is 84.8 Å². The lowest BCUT2D eigenvalue weighted by atomic mass is 9.33. The zero-order valence-corrected chi connectivity index (χ0v) is 47.7. The largest absolute Gasteiger partial charge is 0.432 e. The number of rotatable bonds is 20. The fourth-order valence-electron chi connectivity index (χ4n) is 16.7. The Bertz CT molecular complexity index is 2170. The maximum atomic E-state index is 15.6. The molecule has 0 aromatic carbocycles. The number of aliphatic hydroxyl groups excluding tert-OH is 9. The number of aliphatic hydroxyl groups is 9. The van der Waals surface area contributed by atoms with Gasteiger partial charge in [-0.25, -0.2) is 0 Å². The number of nitrogens with one attached hydrogen (secondary N) is 1. The van der Waals surface area contributed by atoms with Crippen molar-refractivity contribution in [2.45, 2.75) is 269 Å². The first-order chi connectivity index (χ1) is 37.3. The van der Waals surface area contributed by atoms with Crippen LogP contribution in [0.15, 0.2) is 11.6 Å². The van der Waals surface area contributed by atoms with E-state index in [1.807, 2.05) is 6.92 Å². The van der Waals surface area contributed by atoms with Gasteiger partial charge in [0.25, 0.3) is 0 Å². The SMILES string of the molecule is CC(=O)CCCCCCCCCCC(=O)N[C@H]1C(CO)O[C@@H](OC(=O)[C@]23CC[C@@H](C)CC2C2=CCC4C5(C)CC[C@H](O)[C@](C)(C=O)[C@@H]5CC[C@]4(C)[C@]2(C)CC3O)C(O[C@@H]2OC(C)[C@H](O[C@@H]3OC[C@@H](O)C(O)C3O)C(O)C2O)C1O. The van der Waals surface area contributed by atoms with Gasteiger partial charge in [-0.3, -0.25) is 9.59 Å². The molecule has 1 amide bonds. The molecule has 0 spiro atoms. The van der Waals surface area contributed by atoms with Gasteiger partial charge in [0.05, 0.1) is 43.0 Å². The van der Waals surface area contributed by atoms with Gasteiger partial charge < -0.3 is 89.3 Å². The Labute approximate surface area is 465 Å². The number of aldehydes is 1. The highest BCUT2D eigenvalue weighted by Gasteiger charge is 2.72. The van der Waals surface area contributed by atoms with Crippen molar-refractivity contribution in [2.24, 2.45) is 50.7 Å². The minimum Gasteiger partial charge on any atom is -0.432 e. The third-order valence-corrected chi connectivity index (χ3v) is 21.6. The number of carbonyl (C=O) groups excluding carboxylic acids is 4. The van der Waals surface area contributed by atoms with Crippen molar-refractivity contribution in [3.8, 4) is 0 Å². The van der Waals surface area contributed by atoms with Crippen molar-refractivity contribution in [3.05, 3.63) is 11.6 Å². The number of allylic oxidation sites excluding steroid dienone is 2. The second-order valence-corrected chi connectivity index (χ2v) is 26.4. The summed E-state index contributed by atoms with van der Waals surface area (Å²) in [5.41, 5.74) is -2.51. The number of Topliss-reactive ketones (excluding diaryl/α,β-unsaturated/α-hetero) is 1. The second-order valence-electron chi connectivity index (χ2n) is 26.4. The molecular weight excluding hydrogens is 1030 g/mol. The van der Waals surface area contributed by atoms with Crippen LogP contribution >= 0.6 is 0 Å². The van der Waals surface area contributed by atoms with Crippen LogP contribution in [0.25, 0.3) is 0 Å². The van der Waals surface area contributed by atoms with Crippen LogP contribution < -0.4 is 5.32 Å². The van der Waals surface area contributed by atoms with Crippen LogP contribution in [0.2, 0.25) is 0 Å². The average molecular weight is 1120 g/mol. The van der Waals surface area contributed by atoms with Crippen LogP contribution in [0.4, 0.5) is 0 Å². The number of fused-ring (bicyclic) bond motifs is 7. The van der Waals surface area contributed by atoms with E-state index >= 15 is 4.79 Å². The lowest BCUT2D eigenvalue weighted by molar-refractivity contribution is -0.370. The molecule has 5 aliphatic carbocycles. The van der Waals surface area contributed by atoms with E-state index in [2.05, 4.69) is 39.1 Å².